The van der Waals surface area contributed by atoms with E-state index in [4.69, 9.17) is 15.9 Å². The summed E-state index contributed by atoms with van der Waals surface area (Å²) in [6, 6.07) is 12.6. The van der Waals surface area contributed by atoms with Crippen LogP contribution in [0, 0.1) is 19.3 Å². The Hall–Kier alpha value is -2.90. The maximum absolute atomic E-state index is 13.1. The van der Waals surface area contributed by atoms with Crippen LogP contribution in [0.25, 0.3) is 0 Å². The Morgan fingerprint density at radius 3 is 2.51 bits per heavy atom. The van der Waals surface area contributed by atoms with E-state index in [0.29, 0.717) is 37.7 Å². The van der Waals surface area contributed by atoms with Gasteiger partial charge in [0.1, 0.15) is 5.75 Å². The van der Waals surface area contributed by atoms with E-state index in [2.05, 4.69) is 11.2 Å². The highest BCUT2D eigenvalue weighted by atomic mass is 32.2. The number of anilines is 1. The van der Waals surface area contributed by atoms with Gasteiger partial charge in [0.05, 0.1) is 43.0 Å². The van der Waals surface area contributed by atoms with Gasteiger partial charge in [-0.05, 0) is 44.5 Å². The largest absolute Gasteiger partial charge is 0.489 e. The molecule has 8 nitrogen and oxygen atoms in total. The number of carbonyl (C=O) groups is 1. The molecule has 0 aliphatic carbocycles. The molecule has 1 amide bonds. The van der Waals surface area contributed by atoms with E-state index in [1.165, 1.54) is 16.4 Å². The third-order valence-electron chi connectivity index (χ3n) is 5.40. The first kappa shape index (κ1) is 26.7. The van der Waals surface area contributed by atoms with E-state index in [-0.39, 0.29) is 36.5 Å². The van der Waals surface area contributed by atoms with E-state index in [0.717, 1.165) is 11.1 Å². The van der Waals surface area contributed by atoms with Crippen LogP contribution in [0.3, 0.4) is 0 Å². The van der Waals surface area contributed by atoms with Gasteiger partial charge >= 0.3 is 0 Å². The zero-order valence-electron chi connectivity index (χ0n) is 20.5. The Morgan fingerprint density at radius 2 is 1.89 bits per heavy atom. The van der Waals surface area contributed by atoms with Crippen LogP contribution in [0.15, 0.2) is 47.4 Å². The van der Waals surface area contributed by atoms with Gasteiger partial charge in [0.15, 0.2) is 0 Å². The maximum atomic E-state index is 13.1. The van der Waals surface area contributed by atoms with Gasteiger partial charge in [0.2, 0.25) is 15.9 Å². The molecular formula is C26H33N3O5S. The van der Waals surface area contributed by atoms with Crippen molar-refractivity contribution < 1.29 is 22.7 Å². The second-order valence-electron chi connectivity index (χ2n) is 8.72. The van der Waals surface area contributed by atoms with Crippen LogP contribution in [0.5, 0.6) is 5.75 Å². The van der Waals surface area contributed by atoms with Crippen LogP contribution >= 0.6 is 0 Å². The van der Waals surface area contributed by atoms with Gasteiger partial charge in [-0.3, -0.25) is 9.69 Å². The number of nitrogens with one attached hydrogen (secondary N) is 1. The van der Waals surface area contributed by atoms with Crippen molar-refractivity contribution >= 4 is 21.6 Å². The first-order valence-electron chi connectivity index (χ1n) is 11.6. The monoisotopic (exact) mass is 499 g/mol. The highest BCUT2D eigenvalue weighted by Gasteiger charge is 2.27. The number of hydrogen-bond donors (Lipinski definition) is 1. The number of aryl methyl sites for hydroxylation is 1. The number of terminal acetylenes is 1. The van der Waals surface area contributed by atoms with Gasteiger partial charge in [-0.15, -0.1) is 6.42 Å². The van der Waals surface area contributed by atoms with E-state index >= 15 is 0 Å². The fourth-order valence-electron chi connectivity index (χ4n) is 3.70. The maximum Gasteiger partial charge on any atom is 0.243 e. The van der Waals surface area contributed by atoms with Gasteiger partial charge in [0, 0.05) is 19.6 Å². The first-order valence-corrected chi connectivity index (χ1v) is 13.0. The van der Waals surface area contributed by atoms with Gasteiger partial charge in [0.25, 0.3) is 0 Å². The summed E-state index contributed by atoms with van der Waals surface area (Å²) in [5.74, 6) is 2.68. The number of benzene rings is 2. The summed E-state index contributed by atoms with van der Waals surface area (Å²) in [6.07, 6.45) is 5.37. The zero-order chi connectivity index (χ0) is 25.4. The second kappa shape index (κ2) is 12.2. The molecule has 0 radical (unpaired) electrons. The van der Waals surface area contributed by atoms with Crippen LogP contribution in [0.2, 0.25) is 0 Å². The fourth-order valence-corrected chi connectivity index (χ4v) is 5.14. The van der Waals surface area contributed by atoms with Crippen LogP contribution in [0.4, 0.5) is 5.69 Å². The third kappa shape index (κ3) is 7.54. The molecule has 0 aromatic heterocycles. The first-order chi connectivity index (χ1) is 16.7. The Labute approximate surface area is 208 Å². The summed E-state index contributed by atoms with van der Waals surface area (Å²) in [7, 11) is -3.73. The standard InChI is InChI=1S/C26H33N3O5S/c1-5-12-28(18-22-8-6-21(4)7-9-22)19-26(30)27-24-17-23(10-11-25(24)34-20(2)3)35(31,32)29-13-15-33-16-14-29/h1,6-11,17,20H,12-16,18-19H2,2-4H3,(H,27,30). The molecule has 1 heterocycles. The number of amides is 1. The SMILES string of the molecule is C#CCN(CC(=O)Nc1cc(S(=O)(=O)N2CCOCC2)ccc1OC(C)C)Cc1ccc(C)cc1. The number of sulfonamides is 1. The summed E-state index contributed by atoms with van der Waals surface area (Å²) in [4.78, 5) is 14.9. The average molecular weight is 500 g/mol. The lowest BCUT2D eigenvalue weighted by Gasteiger charge is -2.26. The molecule has 0 spiro atoms. The third-order valence-corrected chi connectivity index (χ3v) is 7.30. The Kier molecular flexibility index (Phi) is 9.29. The summed E-state index contributed by atoms with van der Waals surface area (Å²) in [6.45, 7) is 7.86. The molecule has 0 saturated carbocycles. The molecule has 1 aliphatic rings. The number of carbonyl (C=O) groups excluding carboxylic acids is 1. The Bertz CT molecular complexity index is 1150. The number of rotatable bonds is 10. The van der Waals surface area contributed by atoms with Gasteiger partial charge in [-0.1, -0.05) is 35.7 Å². The fraction of sp³-hybridized carbons (Fsp3) is 0.423. The molecule has 3 rings (SSSR count). The molecule has 0 bridgehead atoms. The van der Waals surface area contributed by atoms with Gasteiger partial charge in [-0.2, -0.15) is 4.31 Å². The summed E-state index contributed by atoms with van der Waals surface area (Å²) < 4.78 is 38.8. The summed E-state index contributed by atoms with van der Waals surface area (Å²) in [5.41, 5.74) is 2.50. The number of nitrogens with zero attached hydrogens (tertiary/aromatic N) is 2. The Balaban J connectivity index is 1.80. The molecule has 188 valence electrons. The van der Waals surface area contributed by atoms with Crippen molar-refractivity contribution in [3.63, 3.8) is 0 Å². The normalized spacial score (nSPS) is 14.6. The molecule has 1 saturated heterocycles. The predicted molar refractivity (Wildman–Crippen MR) is 136 cm³/mol. The van der Waals surface area contributed by atoms with Crippen molar-refractivity contribution in [2.45, 2.75) is 38.3 Å². The number of hydrogen-bond acceptors (Lipinski definition) is 6. The minimum atomic E-state index is -3.73. The lowest BCUT2D eigenvalue weighted by atomic mass is 10.1. The molecule has 1 aliphatic heterocycles. The highest BCUT2D eigenvalue weighted by molar-refractivity contribution is 7.89. The number of ether oxygens (including phenoxy) is 2. The van der Waals surface area contributed by atoms with Crippen molar-refractivity contribution in [1.29, 1.82) is 0 Å². The van der Waals surface area contributed by atoms with Gasteiger partial charge in [-0.25, -0.2) is 8.42 Å². The van der Waals surface area contributed by atoms with Crippen molar-refractivity contribution in [3.8, 4) is 18.1 Å². The van der Waals surface area contributed by atoms with E-state index < -0.39 is 10.0 Å². The second-order valence-corrected chi connectivity index (χ2v) is 10.7. The molecule has 2 aromatic rings. The van der Waals surface area contributed by atoms with Crippen molar-refractivity contribution in [2.24, 2.45) is 0 Å². The van der Waals surface area contributed by atoms with Crippen LogP contribution in [-0.2, 0) is 26.1 Å². The van der Waals surface area contributed by atoms with Crippen LogP contribution < -0.4 is 10.1 Å². The topological polar surface area (TPSA) is 88.2 Å². The molecule has 1 fully saturated rings. The lowest BCUT2D eigenvalue weighted by molar-refractivity contribution is -0.117. The van der Waals surface area contributed by atoms with Gasteiger partial charge < -0.3 is 14.8 Å². The Morgan fingerprint density at radius 1 is 1.20 bits per heavy atom. The zero-order valence-corrected chi connectivity index (χ0v) is 21.3. The van der Waals surface area contributed by atoms with Crippen LogP contribution in [-0.4, -0.2) is 69.0 Å². The molecule has 0 unspecified atom stereocenters. The molecule has 2 aromatic carbocycles. The molecule has 9 heteroatoms. The molecule has 35 heavy (non-hydrogen) atoms. The molecule has 1 N–H and O–H groups in total. The summed E-state index contributed by atoms with van der Waals surface area (Å²) in [5, 5.41) is 2.83. The quantitative estimate of drug-likeness (QED) is 0.506. The highest BCUT2D eigenvalue weighted by Crippen LogP contribution is 2.30. The predicted octanol–water partition coefficient (Wildman–Crippen LogP) is 2.88. The smallest absolute Gasteiger partial charge is 0.243 e. The van der Waals surface area contributed by atoms with E-state index in [1.807, 2.05) is 49.9 Å². The van der Waals surface area contributed by atoms with Crippen molar-refractivity contribution in [2.75, 3.05) is 44.7 Å². The van der Waals surface area contributed by atoms with Crippen molar-refractivity contribution in [1.82, 2.24) is 9.21 Å². The molecule has 0 atom stereocenters. The van der Waals surface area contributed by atoms with E-state index in [9.17, 15) is 13.2 Å². The summed E-state index contributed by atoms with van der Waals surface area (Å²) >= 11 is 0. The minimum Gasteiger partial charge on any atom is -0.489 e. The number of morpholine rings is 1. The minimum absolute atomic E-state index is 0.0413. The molecular weight excluding hydrogens is 466 g/mol. The lowest BCUT2D eigenvalue weighted by Crippen LogP contribution is -2.40. The van der Waals surface area contributed by atoms with Crippen LogP contribution in [0.1, 0.15) is 25.0 Å². The average Bonchev–Trinajstić information content (AvgIpc) is 2.82. The van der Waals surface area contributed by atoms with Crippen molar-refractivity contribution in [3.05, 3.63) is 53.6 Å². The van der Waals surface area contributed by atoms with E-state index in [1.54, 1.807) is 6.07 Å².